The summed E-state index contributed by atoms with van der Waals surface area (Å²) in [6.45, 7) is 6.91. The average Bonchev–Trinajstić information content (AvgIpc) is 3.09. The maximum atomic E-state index is 5.78. The molecule has 0 amide bonds. The molecule has 4 rings (SSSR count). The van der Waals surface area contributed by atoms with Crippen LogP contribution >= 0.6 is 0 Å². The van der Waals surface area contributed by atoms with Gasteiger partial charge in [0.2, 0.25) is 5.88 Å². The fourth-order valence-corrected chi connectivity index (χ4v) is 3.68. The summed E-state index contributed by atoms with van der Waals surface area (Å²) in [5.41, 5.74) is 3.31. The highest BCUT2D eigenvalue weighted by molar-refractivity contribution is 5.89. The number of aryl methyl sites for hydroxylation is 1. The van der Waals surface area contributed by atoms with E-state index < -0.39 is 0 Å². The number of pyridine rings is 2. The maximum Gasteiger partial charge on any atom is 0.213 e. The lowest BCUT2D eigenvalue weighted by molar-refractivity contribution is 0.122. The van der Waals surface area contributed by atoms with Gasteiger partial charge in [0.25, 0.3) is 0 Å². The van der Waals surface area contributed by atoms with Crippen LogP contribution < -0.4 is 9.64 Å². The fraction of sp³-hybridized carbons (Fsp3) is 0.455. The molecule has 4 heterocycles. The number of imidazole rings is 1. The lowest BCUT2D eigenvalue weighted by atomic mass is 10.1. The van der Waals surface area contributed by atoms with Crippen molar-refractivity contribution in [1.82, 2.24) is 19.3 Å². The van der Waals surface area contributed by atoms with Crippen molar-refractivity contribution in [2.24, 2.45) is 0 Å². The van der Waals surface area contributed by atoms with Crippen molar-refractivity contribution >= 4 is 11.3 Å². The molecule has 0 aliphatic carbocycles. The lowest BCUT2D eigenvalue weighted by Gasteiger charge is -2.27. The van der Waals surface area contributed by atoms with E-state index in [9.17, 15) is 0 Å². The molecular formula is C22H29N5O2. The van der Waals surface area contributed by atoms with Crippen LogP contribution in [0.5, 0.6) is 5.88 Å². The van der Waals surface area contributed by atoms with Crippen LogP contribution in [0.2, 0.25) is 0 Å². The molecule has 7 nitrogen and oxygen atoms in total. The van der Waals surface area contributed by atoms with E-state index in [1.165, 1.54) is 0 Å². The van der Waals surface area contributed by atoms with Crippen molar-refractivity contribution in [2.75, 3.05) is 58.5 Å². The van der Waals surface area contributed by atoms with Crippen molar-refractivity contribution in [1.29, 1.82) is 0 Å². The molecule has 7 heteroatoms. The van der Waals surface area contributed by atoms with Crippen molar-refractivity contribution in [2.45, 2.75) is 13.3 Å². The Morgan fingerprint density at radius 1 is 1.17 bits per heavy atom. The molecule has 1 aliphatic heterocycles. The number of hydrogen-bond acceptors (Lipinski definition) is 6. The maximum absolute atomic E-state index is 5.78. The van der Waals surface area contributed by atoms with Crippen molar-refractivity contribution in [3.63, 3.8) is 0 Å². The van der Waals surface area contributed by atoms with Crippen LogP contribution in [0.15, 0.2) is 36.7 Å². The van der Waals surface area contributed by atoms with E-state index in [1.807, 2.05) is 19.2 Å². The van der Waals surface area contributed by atoms with Gasteiger partial charge >= 0.3 is 0 Å². The first kappa shape index (κ1) is 19.7. The summed E-state index contributed by atoms with van der Waals surface area (Å²) in [4.78, 5) is 13.9. The summed E-state index contributed by atoms with van der Waals surface area (Å²) >= 11 is 0. The first-order valence-electron chi connectivity index (χ1n) is 10.2. The third-order valence-electron chi connectivity index (χ3n) is 5.18. The minimum Gasteiger partial charge on any atom is -0.478 e. The third-order valence-corrected chi connectivity index (χ3v) is 5.18. The molecule has 3 aromatic rings. The Bertz CT molecular complexity index is 946. The Morgan fingerprint density at radius 3 is 2.72 bits per heavy atom. The predicted octanol–water partition coefficient (Wildman–Crippen LogP) is 2.87. The molecule has 1 fully saturated rings. The van der Waals surface area contributed by atoms with Gasteiger partial charge in [-0.15, -0.1) is 0 Å². The standard InChI is InChI=1S/C22H29N5O2/c1-17-24-22(26-11-14-28-15-12-26)21-19(6-4-10-27(17)21)18-7-8-20(23-16-18)29-13-5-9-25(2)3/h4,6-8,10,16H,5,9,11-15H2,1-3H3. The third kappa shape index (κ3) is 4.36. The van der Waals surface area contributed by atoms with Crippen LogP contribution in [0.1, 0.15) is 12.2 Å². The normalized spacial score (nSPS) is 14.7. The van der Waals surface area contributed by atoms with Gasteiger partial charge in [0.15, 0.2) is 5.82 Å². The second kappa shape index (κ2) is 8.80. The molecule has 0 atom stereocenters. The molecule has 0 radical (unpaired) electrons. The monoisotopic (exact) mass is 395 g/mol. The van der Waals surface area contributed by atoms with Gasteiger partial charge in [-0.1, -0.05) is 6.07 Å². The van der Waals surface area contributed by atoms with Gasteiger partial charge in [0.1, 0.15) is 5.82 Å². The Kier molecular flexibility index (Phi) is 5.97. The quantitative estimate of drug-likeness (QED) is 0.574. The Balaban J connectivity index is 1.60. The van der Waals surface area contributed by atoms with Crippen LogP contribution in [0.3, 0.4) is 0 Å². The zero-order chi connectivity index (χ0) is 20.2. The first-order valence-corrected chi connectivity index (χ1v) is 10.2. The van der Waals surface area contributed by atoms with Crippen LogP contribution in [0.4, 0.5) is 5.82 Å². The van der Waals surface area contributed by atoms with Gasteiger partial charge in [0, 0.05) is 49.2 Å². The van der Waals surface area contributed by atoms with Crippen molar-refractivity contribution in [3.8, 4) is 17.0 Å². The number of ether oxygens (including phenoxy) is 2. The zero-order valence-corrected chi connectivity index (χ0v) is 17.5. The molecule has 0 N–H and O–H groups in total. The summed E-state index contributed by atoms with van der Waals surface area (Å²) in [7, 11) is 4.13. The van der Waals surface area contributed by atoms with E-state index in [4.69, 9.17) is 14.5 Å². The molecule has 3 aromatic heterocycles. The van der Waals surface area contributed by atoms with Gasteiger partial charge in [-0.05, 0) is 39.6 Å². The van der Waals surface area contributed by atoms with Gasteiger partial charge in [0.05, 0.1) is 25.3 Å². The first-order chi connectivity index (χ1) is 14.1. The highest BCUT2D eigenvalue weighted by Crippen LogP contribution is 2.33. The van der Waals surface area contributed by atoms with E-state index in [0.29, 0.717) is 12.5 Å². The van der Waals surface area contributed by atoms with Crippen molar-refractivity contribution < 1.29 is 9.47 Å². The van der Waals surface area contributed by atoms with Crippen LogP contribution in [0, 0.1) is 6.92 Å². The van der Waals surface area contributed by atoms with E-state index in [2.05, 4.69) is 57.7 Å². The highest BCUT2D eigenvalue weighted by Gasteiger charge is 2.20. The molecule has 29 heavy (non-hydrogen) atoms. The molecule has 0 spiro atoms. The fourth-order valence-electron chi connectivity index (χ4n) is 3.68. The predicted molar refractivity (Wildman–Crippen MR) is 115 cm³/mol. The second-order valence-electron chi connectivity index (χ2n) is 7.61. The molecule has 0 saturated carbocycles. The molecule has 1 aliphatic rings. The number of rotatable bonds is 7. The molecule has 0 aromatic carbocycles. The Labute approximate surface area is 171 Å². The smallest absolute Gasteiger partial charge is 0.213 e. The van der Waals surface area contributed by atoms with E-state index in [0.717, 1.165) is 67.6 Å². The lowest BCUT2D eigenvalue weighted by Crippen LogP contribution is -2.36. The summed E-state index contributed by atoms with van der Waals surface area (Å²) in [6, 6.07) is 8.22. The van der Waals surface area contributed by atoms with Gasteiger partial charge in [-0.25, -0.2) is 9.97 Å². The number of nitrogens with zero attached hydrogens (tertiary/aromatic N) is 5. The number of hydrogen-bond donors (Lipinski definition) is 0. The summed E-state index contributed by atoms with van der Waals surface area (Å²) < 4.78 is 13.5. The Morgan fingerprint density at radius 2 is 2.00 bits per heavy atom. The van der Waals surface area contributed by atoms with Gasteiger partial charge in [-0.3, -0.25) is 0 Å². The van der Waals surface area contributed by atoms with Crippen molar-refractivity contribution in [3.05, 3.63) is 42.5 Å². The minimum absolute atomic E-state index is 0.664. The number of aromatic nitrogens is 3. The topological polar surface area (TPSA) is 55.1 Å². The van der Waals surface area contributed by atoms with Crippen LogP contribution in [0.25, 0.3) is 16.6 Å². The number of morpholine rings is 1. The van der Waals surface area contributed by atoms with Gasteiger partial charge in [-0.2, -0.15) is 0 Å². The summed E-state index contributed by atoms with van der Waals surface area (Å²) in [5.74, 6) is 2.67. The SMILES string of the molecule is Cc1nc(N2CCOCC2)c2c(-c3ccc(OCCCN(C)C)nc3)cccn12. The van der Waals surface area contributed by atoms with E-state index >= 15 is 0 Å². The molecule has 154 valence electrons. The molecule has 0 unspecified atom stereocenters. The minimum atomic E-state index is 0.664. The largest absolute Gasteiger partial charge is 0.478 e. The zero-order valence-electron chi connectivity index (χ0n) is 17.5. The average molecular weight is 396 g/mol. The van der Waals surface area contributed by atoms with E-state index in [1.54, 1.807) is 0 Å². The summed E-state index contributed by atoms with van der Waals surface area (Å²) in [6.07, 6.45) is 4.94. The number of anilines is 1. The van der Waals surface area contributed by atoms with Crippen LogP contribution in [-0.4, -0.2) is 72.8 Å². The highest BCUT2D eigenvalue weighted by atomic mass is 16.5. The molecule has 0 bridgehead atoms. The molecular weight excluding hydrogens is 366 g/mol. The Hall–Kier alpha value is -2.64. The number of fused-ring (bicyclic) bond motifs is 1. The van der Waals surface area contributed by atoms with Gasteiger partial charge < -0.3 is 23.7 Å². The van der Waals surface area contributed by atoms with E-state index in [-0.39, 0.29) is 0 Å². The summed E-state index contributed by atoms with van der Waals surface area (Å²) in [5, 5.41) is 0. The molecule has 1 saturated heterocycles. The second-order valence-corrected chi connectivity index (χ2v) is 7.61. The van der Waals surface area contributed by atoms with Crippen LogP contribution in [-0.2, 0) is 4.74 Å².